The summed E-state index contributed by atoms with van der Waals surface area (Å²) in [5, 5.41) is 13.2. The first kappa shape index (κ1) is 10.1. The molecule has 14 heavy (non-hydrogen) atoms. The number of halogens is 1. The van der Waals surface area contributed by atoms with E-state index in [0.717, 1.165) is 19.0 Å². The summed E-state index contributed by atoms with van der Waals surface area (Å²) in [6.45, 7) is 1.97. The highest BCUT2D eigenvalue weighted by molar-refractivity contribution is 9.11. The molecule has 2 rings (SSSR count). The number of aromatic nitrogens is 4. The molecule has 0 bridgehead atoms. The quantitative estimate of drug-likeness (QED) is 0.852. The molecule has 0 saturated carbocycles. The van der Waals surface area contributed by atoms with Crippen molar-refractivity contribution in [1.82, 2.24) is 20.0 Å². The summed E-state index contributed by atoms with van der Waals surface area (Å²) in [7, 11) is 1.92. The maximum Gasteiger partial charge on any atom is 0.184 e. The smallest absolute Gasteiger partial charge is 0.184 e. The molecule has 0 aliphatic heterocycles. The van der Waals surface area contributed by atoms with Gasteiger partial charge in [-0.25, -0.2) is 0 Å². The predicted molar refractivity (Wildman–Crippen MR) is 59.7 cm³/mol. The monoisotopic (exact) mass is 290 g/mol. The van der Waals surface area contributed by atoms with Crippen molar-refractivity contribution in [2.24, 2.45) is 7.05 Å². The standard InChI is InChI=1S/C7H7BrN4S2/c1-4-3-5(12(2)11-4)13-7-10-9-6(8)14-7/h3H,1-2H3. The van der Waals surface area contributed by atoms with Crippen LogP contribution in [0, 0.1) is 6.92 Å². The number of nitrogens with zero attached hydrogens (tertiary/aromatic N) is 4. The largest absolute Gasteiger partial charge is 0.261 e. The van der Waals surface area contributed by atoms with Gasteiger partial charge in [0, 0.05) is 7.05 Å². The van der Waals surface area contributed by atoms with Crippen molar-refractivity contribution in [2.75, 3.05) is 0 Å². The molecule has 0 atom stereocenters. The average molecular weight is 291 g/mol. The molecule has 0 unspecified atom stereocenters. The fourth-order valence-corrected chi connectivity index (χ4v) is 3.50. The molecule has 0 saturated heterocycles. The van der Waals surface area contributed by atoms with Gasteiger partial charge in [0.1, 0.15) is 5.03 Å². The maximum absolute atomic E-state index is 4.25. The summed E-state index contributed by atoms with van der Waals surface area (Å²) < 4.78 is 3.56. The van der Waals surface area contributed by atoms with Crippen LogP contribution in [0.2, 0.25) is 0 Å². The van der Waals surface area contributed by atoms with E-state index in [1.54, 1.807) is 11.8 Å². The number of hydrogen-bond acceptors (Lipinski definition) is 5. The van der Waals surface area contributed by atoms with Crippen molar-refractivity contribution in [3.05, 3.63) is 15.7 Å². The second kappa shape index (κ2) is 4.00. The Labute approximate surface area is 97.9 Å². The van der Waals surface area contributed by atoms with E-state index in [1.807, 2.05) is 24.7 Å². The lowest BCUT2D eigenvalue weighted by atomic mass is 10.5. The summed E-state index contributed by atoms with van der Waals surface area (Å²) >= 11 is 6.37. The summed E-state index contributed by atoms with van der Waals surface area (Å²) in [6, 6.07) is 2.03. The van der Waals surface area contributed by atoms with Crippen molar-refractivity contribution in [1.29, 1.82) is 0 Å². The Morgan fingerprint density at radius 2 is 2.29 bits per heavy atom. The van der Waals surface area contributed by atoms with Crippen LogP contribution < -0.4 is 0 Å². The van der Waals surface area contributed by atoms with Crippen molar-refractivity contribution in [3.63, 3.8) is 0 Å². The fraction of sp³-hybridized carbons (Fsp3) is 0.286. The van der Waals surface area contributed by atoms with Crippen LogP contribution in [0.3, 0.4) is 0 Å². The molecule has 0 N–H and O–H groups in total. The van der Waals surface area contributed by atoms with Gasteiger partial charge >= 0.3 is 0 Å². The van der Waals surface area contributed by atoms with Crippen LogP contribution in [0.1, 0.15) is 5.69 Å². The average Bonchev–Trinajstić information content (AvgIpc) is 2.61. The van der Waals surface area contributed by atoms with Gasteiger partial charge in [-0.2, -0.15) is 5.10 Å². The summed E-state index contributed by atoms with van der Waals surface area (Å²) in [5.74, 6) is 0. The number of hydrogen-bond donors (Lipinski definition) is 0. The van der Waals surface area contributed by atoms with E-state index < -0.39 is 0 Å². The van der Waals surface area contributed by atoms with E-state index >= 15 is 0 Å². The molecule has 0 radical (unpaired) electrons. The van der Waals surface area contributed by atoms with Gasteiger partial charge in [-0.1, -0.05) is 11.3 Å². The normalized spacial score (nSPS) is 10.8. The Bertz CT molecular complexity index is 450. The minimum atomic E-state index is 0.805. The lowest BCUT2D eigenvalue weighted by Crippen LogP contribution is -1.91. The van der Waals surface area contributed by atoms with E-state index in [0.29, 0.717) is 0 Å². The van der Waals surface area contributed by atoms with Crippen molar-refractivity contribution < 1.29 is 0 Å². The van der Waals surface area contributed by atoms with Gasteiger partial charge < -0.3 is 0 Å². The maximum atomic E-state index is 4.25. The molecule has 0 spiro atoms. The highest BCUT2D eigenvalue weighted by Crippen LogP contribution is 2.31. The minimum Gasteiger partial charge on any atom is -0.261 e. The third kappa shape index (κ3) is 2.15. The van der Waals surface area contributed by atoms with Gasteiger partial charge in [0.25, 0.3) is 0 Å². The molecule has 7 heteroatoms. The number of aryl methyl sites for hydroxylation is 2. The van der Waals surface area contributed by atoms with E-state index in [1.165, 1.54) is 11.3 Å². The molecule has 0 amide bonds. The first-order chi connectivity index (χ1) is 6.65. The topological polar surface area (TPSA) is 43.6 Å². The third-order valence-electron chi connectivity index (χ3n) is 1.53. The summed E-state index contributed by atoms with van der Waals surface area (Å²) in [4.78, 5) is 0. The molecule has 2 heterocycles. The molecule has 0 aromatic carbocycles. The zero-order valence-corrected chi connectivity index (χ0v) is 10.8. The fourth-order valence-electron chi connectivity index (χ4n) is 1.01. The molecule has 0 fully saturated rings. The van der Waals surface area contributed by atoms with Crippen LogP contribution in [0.15, 0.2) is 19.3 Å². The van der Waals surface area contributed by atoms with Crippen LogP contribution >= 0.6 is 39.0 Å². The van der Waals surface area contributed by atoms with E-state index in [4.69, 9.17) is 0 Å². The van der Waals surface area contributed by atoms with Gasteiger partial charge in [0.15, 0.2) is 8.26 Å². The summed E-state index contributed by atoms with van der Waals surface area (Å²) in [6.07, 6.45) is 0. The first-order valence-electron chi connectivity index (χ1n) is 3.82. The first-order valence-corrected chi connectivity index (χ1v) is 6.25. The van der Waals surface area contributed by atoms with Crippen LogP contribution in [0.5, 0.6) is 0 Å². The zero-order valence-electron chi connectivity index (χ0n) is 7.56. The molecule has 0 aliphatic carbocycles. The Balaban J connectivity index is 2.22. The molecular weight excluding hydrogens is 284 g/mol. The van der Waals surface area contributed by atoms with Gasteiger partial charge in [-0.05, 0) is 40.7 Å². The zero-order chi connectivity index (χ0) is 10.1. The highest BCUT2D eigenvalue weighted by Gasteiger charge is 2.08. The van der Waals surface area contributed by atoms with Crippen LogP contribution in [-0.2, 0) is 7.05 Å². The Kier molecular flexibility index (Phi) is 2.89. The van der Waals surface area contributed by atoms with Gasteiger partial charge in [-0.15, -0.1) is 10.2 Å². The Hall–Kier alpha value is -0.400. The van der Waals surface area contributed by atoms with Gasteiger partial charge in [0.2, 0.25) is 0 Å². The summed E-state index contributed by atoms with van der Waals surface area (Å²) in [5.41, 5.74) is 1.01. The van der Waals surface area contributed by atoms with Crippen LogP contribution in [0.4, 0.5) is 0 Å². The van der Waals surface area contributed by atoms with Crippen molar-refractivity contribution in [3.8, 4) is 0 Å². The SMILES string of the molecule is Cc1cc(Sc2nnc(Br)s2)n(C)n1. The minimum absolute atomic E-state index is 0.805. The second-order valence-electron chi connectivity index (χ2n) is 2.67. The van der Waals surface area contributed by atoms with E-state index in [9.17, 15) is 0 Å². The Morgan fingerprint density at radius 3 is 2.79 bits per heavy atom. The molecule has 0 aliphatic rings. The lowest BCUT2D eigenvalue weighted by molar-refractivity contribution is 0.692. The third-order valence-corrected chi connectivity index (χ3v) is 4.03. The Morgan fingerprint density at radius 1 is 1.50 bits per heavy atom. The molecule has 4 nitrogen and oxygen atoms in total. The van der Waals surface area contributed by atoms with Crippen molar-refractivity contribution in [2.45, 2.75) is 16.3 Å². The highest BCUT2D eigenvalue weighted by atomic mass is 79.9. The lowest BCUT2D eigenvalue weighted by Gasteiger charge is -1.95. The van der Waals surface area contributed by atoms with Gasteiger partial charge in [0.05, 0.1) is 5.69 Å². The van der Waals surface area contributed by atoms with Crippen LogP contribution in [0.25, 0.3) is 0 Å². The molecule has 74 valence electrons. The molecule has 2 aromatic heterocycles. The second-order valence-corrected chi connectivity index (χ2v) is 6.19. The molecule has 2 aromatic rings. The van der Waals surface area contributed by atoms with Gasteiger partial charge in [-0.3, -0.25) is 4.68 Å². The van der Waals surface area contributed by atoms with E-state index in [-0.39, 0.29) is 0 Å². The van der Waals surface area contributed by atoms with E-state index in [2.05, 4.69) is 31.2 Å². The van der Waals surface area contributed by atoms with Crippen LogP contribution in [-0.4, -0.2) is 20.0 Å². The molecular formula is C7H7BrN4S2. The van der Waals surface area contributed by atoms with Crippen molar-refractivity contribution >= 4 is 39.0 Å². The number of rotatable bonds is 2. The predicted octanol–water partition coefficient (Wildman–Crippen LogP) is 2.49.